The van der Waals surface area contributed by atoms with E-state index in [1.165, 1.54) is 0 Å². The van der Waals surface area contributed by atoms with Crippen molar-refractivity contribution >= 4 is 23.3 Å². The van der Waals surface area contributed by atoms with Crippen LogP contribution in [0.4, 0.5) is 0 Å². The van der Waals surface area contributed by atoms with Gasteiger partial charge in [0, 0.05) is 55.2 Å². The molecule has 1 aliphatic carbocycles. The summed E-state index contributed by atoms with van der Waals surface area (Å²) < 4.78 is 1.77. The highest BCUT2D eigenvalue weighted by atomic mass is 35.5. The van der Waals surface area contributed by atoms with E-state index in [0.717, 1.165) is 42.5 Å². The van der Waals surface area contributed by atoms with E-state index in [0.29, 0.717) is 30.1 Å². The first-order chi connectivity index (χ1) is 13.0. The Morgan fingerprint density at radius 3 is 2.59 bits per heavy atom. The normalized spacial score (nSPS) is 21.3. The van der Waals surface area contributed by atoms with E-state index >= 15 is 0 Å². The minimum atomic E-state index is -0.00984. The number of hydrogen-bond donors (Lipinski definition) is 0. The van der Waals surface area contributed by atoms with Crippen molar-refractivity contribution in [3.63, 3.8) is 0 Å². The van der Waals surface area contributed by atoms with Gasteiger partial charge in [0.05, 0.1) is 6.20 Å². The molecule has 0 bridgehead atoms. The highest BCUT2D eigenvalue weighted by Crippen LogP contribution is 2.32. The van der Waals surface area contributed by atoms with E-state index in [1.807, 2.05) is 42.5 Å². The topological polar surface area (TPSA) is 55.2 Å². The van der Waals surface area contributed by atoms with Gasteiger partial charge in [-0.1, -0.05) is 23.7 Å². The number of amides is 1. The lowest BCUT2D eigenvalue weighted by atomic mass is 9.93. The Morgan fingerprint density at radius 1 is 1.15 bits per heavy atom. The first kappa shape index (κ1) is 18.2. The maximum Gasteiger partial charge on any atom is 0.226 e. The molecule has 2 heterocycles. The van der Waals surface area contributed by atoms with E-state index in [2.05, 4.69) is 5.10 Å². The number of nitrogens with zero attached hydrogens (tertiary/aromatic N) is 3. The average molecular weight is 386 g/mol. The maximum atomic E-state index is 12.9. The van der Waals surface area contributed by atoms with Crippen LogP contribution in [0.1, 0.15) is 37.7 Å². The Kier molecular flexibility index (Phi) is 5.04. The summed E-state index contributed by atoms with van der Waals surface area (Å²) in [5.74, 6) is 0.543. The van der Waals surface area contributed by atoms with Gasteiger partial charge in [0.25, 0.3) is 0 Å². The van der Waals surface area contributed by atoms with Crippen LogP contribution >= 0.6 is 11.6 Å². The molecule has 0 spiro atoms. The van der Waals surface area contributed by atoms with Crippen LogP contribution in [0, 0.1) is 5.92 Å². The number of carbonyl (C=O) groups is 2. The van der Waals surface area contributed by atoms with Crippen LogP contribution in [0.5, 0.6) is 0 Å². The van der Waals surface area contributed by atoms with Crippen LogP contribution in [0.15, 0.2) is 30.6 Å². The fourth-order valence-electron chi connectivity index (χ4n) is 4.28. The fraction of sp³-hybridized carbons (Fsp3) is 0.476. The van der Waals surface area contributed by atoms with Gasteiger partial charge in [-0.15, -0.1) is 0 Å². The van der Waals surface area contributed by atoms with Gasteiger partial charge in [0.2, 0.25) is 5.91 Å². The summed E-state index contributed by atoms with van der Waals surface area (Å²) in [7, 11) is 1.89. The number of ketones is 1. The molecule has 1 aromatic carbocycles. The molecule has 1 saturated heterocycles. The molecule has 0 radical (unpaired) electrons. The third-order valence-electron chi connectivity index (χ3n) is 5.86. The number of Topliss-reactive ketones (excluding diaryl/α,β-unsaturated/α-hetero) is 1. The number of hydrogen-bond acceptors (Lipinski definition) is 3. The second kappa shape index (κ2) is 7.47. The van der Waals surface area contributed by atoms with Gasteiger partial charge in [0.15, 0.2) is 0 Å². The molecular weight excluding hydrogens is 362 g/mol. The summed E-state index contributed by atoms with van der Waals surface area (Å²) in [4.78, 5) is 26.3. The second-order valence-electron chi connectivity index (χ2n) is 7.70. The molecule has 1 unspecified atom stereocenters. The number of aryl methyl sites for hydroxylation is 1. The summed E-state index contributed by atoms with van der Waals surface area (Å²) in [5, 5.41) is 4.90. The molecule has 1 aromatic heterocycles. The average Bonchev–Trinajstić information content (AvgIpc) is 3.24. The Balaban J connectivity index is 1.43. The second-order valence-corrected chi connectivity index (χ2v) is 8.11. The molecule has 2 aliphatic rings. The number of carbonyl (C=O) groups excluding carboxylic acids is 2. The molecule has 142 valence electrons. The lowest BCUT2D eigenvalue weighted by Crippen LogP contribution is -2.40. The Hall–Kier alpha value is -2.14. The van der Waals surface area contributed by atoms with Gasteiger partial charge in [-0.25, -0.2) is 0 Å². The van der Waals surface area contributed by atoms with Crippen molar-refractivity contribution < 1.29 is 9.59 Å². The van der Waals surface area contributed by atoms with Gasteiger partial charge in [-0.2, -0.15) is 5.10 Å². The Morgan fingerprint density at radius 2 is 1.93 bits per heavy atom. The van der Waals surface area contributed by atoms with E-state index in [-0.39, 0.29) is 17.9 Å². The molecular formula is C21H24ClN3O2. The Bertz CT molecular complexity index is 866. The zero-order valence-electron chi connectivity index (χ0n) is 15.5. The van der Waals surface area contributed by atoms with Crippen molar-refractivity contribution in [2.24, 2.45) is 13.0 Å². The molecule has 4 rings (SSSR count). The first-order valence-corrected chi connectivity index (χ1v) is 9.98. The summed E-state index contributed by atoms with van der Waals surface area (Å²) in [5.41, 5.74) is 3.08. The van der Waals surface area contributed by atoms with Gasteiger partial charge >= 0.3 is 0 Å². The van der Waals surface area contributed by atoms with Crippen molar-refractivity contribution in [2.75, 3.05) is 6.54 Å². The zero-order chi connectivity index (χ0) is 19.0. The number of benzene rings is 1. The van der Waals surface area contributed by atoms with Crippen LogP contribution in [-0.2, 0) is 23.1 Å². The molecule has 27 heavy (non-hydrogen) atoms. The van der Waals surface area contributed by atoms with Crippen molar-refractivity contribution in [2.45, 2.75) is 44.6 Å². The standard InChI is InChI=1S/C21H24ClN3O2/c1-24-13-17(12-23-24)14-2-3-15(20(22)11-14)10-16-8-9-25(21(16)27)18-4-6-19(26)7-5-18/h2-3,11-13,16,18H,4-10H2,1H3. The third kappa shape index (κ3) is 3.79. The van der Waals surface area contributed by atoms with E-state index in [4.69, 9.17) is 11.6 Å². The molecule has 1 aliphatic heterocycles. The molecule has 2 fully saturated rings. The van der Waals surface area contributed by atoms with E-state index in [1.54, 1.807) is 4.68 Å². The van der Waals surface area contributed by atoms with Gasteiger partial charge in [-0.3, -0.25) is 14.3 Å². The number of rotatable bonds is 4. The predicted octanol–water partition coefficient (Wildman–Crippen LogP) is 3.64. The van der Waals surface area contributed by atoms with Crippen molar-refractivity contribution in [3.8, 4) is 11.1 Å². The molecule has 0 N–H and O–H groups in total. The molecule has 1 saturated carbocycles. The summed E-state index contributed by atoms with van der Waals surface area (Å²) in [6.07, 6.45) is 8.17. The number of halogens is 1. The van der Waals surface area contributed by atoms with Crippen LogP contribution < -0.4 is 0 Å². The van der Waals surface area contributed by atoms with Gasteiger partial charge in [0.1, 0.15) is 5.78 Å². The predicted molar refractivity (Wildman–Crippen MR) is 104 cm³/mol. The highest BCUT2D eigenvalue weighted by molar-refractivity contribution is 6.31. The maximum absolute atomic E-state index is 12.9. The van der Waals surface area contributed by atoms with E-state index < -0.39 is 0 Å². The summed E-state index contributed by atoms with van der Waals surface area (Å²) in [6, 6.07) is 6.27. The summed E-state index contributed by atoms with van der Waals surface area (Å²) >= 11 is 6.52. The number of likely N-dealkylation sites (tertiary alicyclic amines) is 1. The largest absolute Gasteiger partial charge is 0.339 e. The van der Waals surface area contributed by atoms with Crippen LogP contribution in [0.2, 0.25) is 5.02 Å². The Labute approximate surface area is 164 Å². The van der Waals surface area contributed by atoms with Crippen LogP contribution in [-0.4, -0.2) is 39.0 Å². The molecule has 5 nitrogen and oxygen atoms in total. The first-order valence-electron chi connectivity index (χ1n) is 9.61. The minimum Gasteiger partial charge on any atom is -0.339 e. The summed E-state index contributed by atoms with van der Waals surface area (Å²) in [6.45, 7) is 0.799. The van der Waals surface area contributed by atoms with Crippen molar-refractivity contribution in [3.05, 3.63) is 41.2 Å². The molecule has 1 atom stereocenters. The highest BCUT2D eigenvalue weighted by Gasteiger charge is 2.37. The smallest absolute Gasteiger partial charge is 0.226 e. The van der Waals surface area contributed by atoms with Crippen LogP contribution in [0.25, 0.3) is 11.1 Å². The third-order valence-corrected chi connectivity index (χ3v) is 6.21. The SMILES string of the molecule is Cn1cc(-c2ccc(CC3CCN(C4CCC(=O)CC4)C3=O)c(Cl)c2)cn1. The van der Waals surface area contributed by atoms with Crippen molar-refractivity contribution in [1.29, 1.82) is 0 Å². The van der Waals surface area contributed by atoms with Gasteiger partial charge < -0.3 is 4.90 Å². The quantitative estimate of drug-likeness (QED) is 0.807. The van der Waals surface area contributed by atoms with Crippen LogP contribution in [0.3, 0.4) is 0 Å². The molecule has 2 aromatic rings. The van der Waals surface area contributed by atoms with Crippen molar-refractivity contribution in [1.82, 2.24) is 14.7 Å². The minimum absolute atomic E-state index is 0.00984. The fourth-order valence-corrected chi connectivity index (χ4v) is 4.54. The molecule has 6 heteroatoms. The van der Waals surface area contributed by atoms with E-state index in [9.17, 15) is 9.59 Å². The zero-order valence-corrected chi connectivity index (χ0v) is 16.3. The lowest BCUT2D eigenvalue weighted by Gasteiger charge is -2.30. The monoisotopic (exact) mass is 385 g/mol. The van der Waals surface area contributed by atoms with Gasteiger partial charge in [-0.05, 0) is 42.9 Å². The number of aromatic nitrogens is 2. The lowest BCUT2D eigenvalue weighted by molar-refractivity contribution is -0.135. The molecule has 1 amide bonds.